The van der Waals surface area contributed by atoms with Crippen LogP contribution in [0, 0.1) is 0 Å². The van der Waals surface area contributed by atoms with E-state index in [1.165, 1.54) is 0 Å². The minimum absolute atomic E-state index is 0.181. The van der Waals surface area contributed by atoms with Gasteiger partial charge in [-0.1, -0.05) is 41.9 Å². The molecule has 4 nitrogen and oxygen atoms in total. The summed E-state index contributed by atoms with van der Waals surface area (Å²) in [4.78, 5) is 12.4. The first kappa shape index (κ1) is 13.8. The summed E-state index contributed by atoms with van der Waals surface area (Å²) in [6.07, 6.45) is 1.63. The summed E-state index contributed by atoms with van der Waals surface area (Å²) < 4.78 is 0. The predicted octanol–water partition coefficient (Wildman–Crippen LogP) is 4.59. The quantitative estimate of drug-likeness (QED) is 0.567. The third kappa shape index (κ3) is 3.48. The van der Waals surface area contributed by atoms with E-state index in [9.17, 15) is 0 Å². The van der Waals surface area contributed by atoms with Crippen molar-refractivity contribution in [2.24, 2.45) is 0 Å². The number of benzene rings is 1. The standard InChI is InChI=1S/C15H10Cl2N4/c16-13-7-6-11(9-18-13)19-14-8-12(20-15(17)21-14)10-4-2-1-3-5-10/h1-9H,(H,19,20,21). The van der Waals surface area contributed by atoms with Gasteiger partial charge in [0, 0.05) is 11.6 Å². The highest BCUT2D eigenvalue weighted by Gasteiger charge is 2.06. The van der Waals surface area contributed by atoms with E-state index in [-0.39, 0.29) is 5.28 Å². The second-order valence-electron chi connectivity index (χ2n) is 4.27. The van der Waals surface area contributed by atoms with Gasteiger partial charge in [0.15, 0.2) is 0 Å². The Hall–Kier alpha value is -2.17. The highest BCUT2D eigenvalue weighted by atomic mass is 35.5. The van der Waals surface area contributed by atoms with Gasteiger partial charge >= 0.3 is 0 Å². The van der Waals surface area contributed by atoms with Crippen LogP contribution in [-0.4, -0.2) is 15.0 Å². The lowest BCUT2D eigenvalue weighted by molar-refractivity contribution is 1.17. The number of nitrogens with zero attached hydrogens (tertiary/aromatic N) is 3. The van der Waals surface area contributed by atoms with E-state index in [4.69, 9.17) is 23.2 Å². The molecule has 0 unspecified atom stereocenters. The van der Waals surface area contributed by atoms with Crippen molar-refractivity contribution in [1.82, 2.24) is 15.0 Å². The number of halogens is 2. The zero-order valence-electron chi connectivity index (χ0n) is 10.8. The fourth-order valence-electron chi connectivity index (χ4n) is 1.84. The van der Waals surface area contributed by atoms with Crippen LogP contribution in [0.1, 0.15) is 0 Å². The molecule has 1 aromatic carbocycles. The van der Waals surface area contributed by atoms with Crippen molar-refractivity contribution in [3.8, 4) is 11.3 Å². The summed E-state index contributed by atoms with van der Waals surface area (Å²) in [7, 11) is 0. The average molecular weight is 317 g/mol. The van der Waals surface area contributed by atoms with Gasteiger partial charge in [-0.05, 0) is 23.7 Å². The largest absolute Gasteiger partial charge is 0.339 e. The topological polar surface area (TPSA) is 50.7 Å². The summed E-state index contributed by atoms with van der Waals surface area (Å²) in [5, 5.41) is 3.74. The Labute approximate surface area is 131 Å². The normalized spacial score (nSPS) is 10.4. The van der Waals surface area contributed by atoms with Gasteiger partial charge < -0.3 is 5.32 Å². The molecule has 0 aliphatic heterocycles. The van der Waals surface area contributed by atoms with Crippen molar-refractivity contribution < 1.29 is 0 Å². The van der Waals surface area contributed by atoms with Crippen LogP contribution in [0.3, 0.4) is 0 Å². The van der Waals surface area contributed by atoms with E-state index < -0.39 is 0 Å². The van der Waals surface area contributed by atoms with Gasteiger partial charge in [0.2, 0.25) is 5.28 Å². The first-order valence-electron chi connectivity index (χ1n) is 6.19. The highest BCUT2D eigenvalue weighted by Crippen LogP contribution is 2.23. The van der Waals surface area contributed by atoms with E-state index in [1.54, 1.807) is 12.3 Å². The van der Waals surface area contributed by atoms with Crippen molar-refractivity contribution in [1.29, 1.82) is 0 Å². The molecule has 104 valence electrons. The van der Waals surface area contributed by atoms with Crippen molar-refractivity contribution in [3.05, 3.63) is 65.2 Å². The number of hydrogen-bond acceptors (Lipinski definition) is 4. The lowest BCUT2D eigenvalue weighted by Gasteiger charge is -2.08. The molecule has 0 fully saturated rings. The molecule has 0 bridgehead atoms. The molecule has 2 heterocycles. The monoisotopic (exact) mass is 316 g/mol. The van der Waals surface area contributed by atoms with Crippen LogP contribution >= 0.6 is 23.2 Å². The molecule has 0 saturated heterocycles. The predicted molar refractivity (Wildman–Crippen MR) is 85.0 cm³/mol. The molecule has 0 spiro atoms. The van der Waals surface area contributed by atoms with Crippen LogP contribution < -0.4 is 5.32 Å². The Kier molecular flexibility index (Phi) is 3.99. The highest BCUT2D eigenvalue weighted by molar-refractivity contribution is 6.29. The van der Waals surface area contributed by atoms with Crippen molar-refractivity contribution in [3.63, 3.8) is 0 Å². The Balaban J connectivity index is 1.93. The van der Waals surface area contributed by atoms with Crippen LogP contribution in [0.2, 0.25) is 10.4 Å². The van der Waals surface area contributed by atoms with Crippen molar-refractivity contribution in [2.45, 2.75) is 0 Å². The van der Waals surface area contributed by atoms with Gasteiger partial charge in [-0.15, -0.1) is 0 Å². The molecule has 2 aromatic heterocycles. The lowest BCUT2D eigenvalue weighted by Crippen LogP contribution is -1.97. The Morgan fingerprint density at radius 2 is 1.71 bits per heavy atom. The number of nitrogens with one attached hydrogen (secondary N) is 1. The van der Waals surface area contributed by atoms with Crippen molar-refractivity contribution >= 4 is 34.7 Å². The minimum Gasteiger partial charge on any atom is -0.339 e. The van der Waals surface area contributed by atoms with Crippen LogP contribution in [0.5, 0.6) is 0 Å². The third-order valence-electron chi connectivity index (χ3n) is 2.77. The number of pyridine rings is 1. The van der Waals surface area contributed by atoms with Gasteiger partial charge in [-0.2, -0.15) is 0 Å². The number of rotatable bonds is 3. The maximum Gasteiger partial charge on any atom is 0.224 e. The first-order chi connectivity index (χ1) is 10.2. The SMILES string of the molecule is Clc1ccc(Nc2cc(-c3ccccc3)nc(Cl)n2)cn1. The van der Waals surface area contributed by atoms with E-state index in [2.05, 4.69) is 20.3 Å². The van der Waals surface area contributed by atoms with E-state index >= 15 is 0 Å². The smallest absolute Gasteiger partial charge is 0.224 e. The first-order valence-corrected chi connectivity index (χ1v) is 6.95. The van der Waals surface area contributed by atoms with Crippen LogP contribution in [-0.2, 0) is 0 Å². The second-order valence-corrected chi connectivity index (χ2v) is 4.99. The molecular formula is C15H10Cl2N4. The fraction of sp³-hybridized carbons (Fsp3) is 0. The molecule has 0 radical (unpaired) electrons. The van der Waals surface area contributed by atoms with E-state index in [1.807, 2.05) is 42.5 Å². The Morgan fingerprint density at radius 3 is 2.43 bits per heavy atom. The molecule has 0 saturated carbocycles. The molecule has 0 amide bonds. The van der Waals surface area contributed by atoms with Gasteiger partial charge in [0.05, 0.1) is 17.6 Å². The molecule has 0 atom stereocenters. The fourth-order valence-corrected chi connectivity index (χ4v) is 2.13. The van der Waals surface area contributed by atoms with Crippen LogP contribution in [0.25, 0.3) is 11.3 Å². The second kappa shape index (κ2) is 6.08. The zero-order valence-corrected chi connectivity index (χ0v) is 12.3. The van der Waals surface area contributed by atoms with Gasteiger partial charge in [0.1, 0.15) is 11.0 Å². The molecular weight excluding hydrogens is 307 g/mol. The Bertz CT molecular complexity index is 745. The molecule has 6 heteroatoms. The number of aromatic nitrogens is 3. The molecule has 21 heavy (non-hydrogen) atoms. The van der Waals surface area contributed by atoms with E-state index in [0.717, 1.165) is 16.9 Å². The summed E-state index contributed by atoms with van der Waals surface area (Å²) >= 11 is 11.8. The summed E-state index contributed by atoms with van der Waals surface area (Å²) in [5.41, 5.74) is 2.49. The van der Waals surface area contributed by atoms with E-state index in [0.29, 0.717) is 11.0 Å². The molecule has 3 aromatic rings. The van der Waals surface area contributed by atoms with Crippen LogP contribution in [0.15, 0.2) is 54.7 Å². The minimum atomic E-state index is 0.181. The van der Waals surface area contributed by atoms with Gasteiger partial charge in [0.25, 0.3) is 0 Å². The molecule has 1 N–H and O–H groups in total. The third-order valence-corrected chi connectivity index (χ3v) is 3.16. The maximum absolute atomic E-state index is 5.99. The average Bonchev–Trinajstić information content (AvgIpc) is 2.50. The maximum atomic E-state index is 5.99. The van der Waals surface area contributed by atoms with Crippen LogP contribution in [0.4, 0.5) is 11.5 Å². The lowest BCUT2D eigenvalue weighted by atomic mass is 10.1. The van der Waals surface area contributed by atoms with Gasteiger partial charge in [-0.25, -0.2) is 15.0 Å². The molecule has 0 aliphatic rings. The summed E-state index contributed by atoms with van der Waals surface area (Å²) in [5.74, 6) is 0.595. The van der Waals surface area contributed by atoms with Crippen molar-refractivity contribution in [2.75, 3.05) is 5.32 Å². The number of hydrogen-bond donors (Lipinski definition) is 1. The van der Waals surface area contributed by atoms with Gasteiger partial charge in [-0.3, -0.25) is 0 Å². The molecule has 0 aliphatic carbocycles. The summed E-state index contributed by atoms with van der Waals surface area (Å²) in [6.45, 7) is 0. The Morgan fingerprint density at radius 1 is 0.905 bits per heavy atom. The molecule has 3 rings (SSSR count). The summed E-state index contributed by atoms with van der Waals surface area (Å²) in [6, 6.07) is 15.1. The zero-order chi connectivity index (χ0) is 14.7. The number of anilines is 2.